The van der Waals surface area contributed by atoms with Crippen molar-refractivity contribution >= 4 is 23.4 Å². The number of aromatic hydroxyl groups is 1. The lowest BCUT2D eigenvalue weighted by molar-refractivity contribution is -0.136. The Morgan fingerprint density at radius 1 is 0.882 bits per heavy atom. The van der Waals surface area contributed by atoms with Crippen LogP contribution in [-0.4, -0.2) is 45.0 Å². The zero-order valence-corrected chi connectivity index (χ0v) is 20.5. The van der Waals surface area contributed by atoms with Crippen LogP contribution in [0.5, 0.6) is 5.75 Å². The summed E-state index contributed by atoms with van der Waals surface area (Å²) in [6.45, 7) is 10.1. The van der Waals surface area contributed by atoms with E-state index in [0.717, 1.165) is 11.1 Å². The van der Waals surface area contributed by atoms with Crippen molar-refractivity contribution < 1.29 is 24.7 Å². The van der Waals surface area contributed by atoms with E-state index in [9.17, 15) is 19.5 Å². The van der Waals surface area contributed by atoms with Gasteiger partial charge < -0.3 is 14.9 Å². The molecule has 3 N–H and O–H groups in total. The van der Waals surface area contributed by atoms with Gasteiger partial charge in [0.1, 0.15) is 5.75 Å². The molecule has 0 radical (unpaired) electrons. The normalized spacial score (nSPS) is 11.9. The summed E-state index contributed by atoms with van der Waals surface area (Å²) in [4.78, 5) is 40.6. The van der Waals surface area contributed by atoms with E-state index in [0.29, 0.717) is 5.69 Å². The SMILES string of the molecule is CC(C(=O)N(C(C)C)C(C)C)c1ccc(CN(C(=O)CCC(=O)NO)c2ccccc2O)cc1. The summed E-state index contributed by atoms with van der Waals surface area (Å²) in [6.07, 6.45) is -0.315. The van der Waals surface area contributed by atoms with Crippen LogP contribution < -0.4 is 10.4 Å². The minimum absolute atomic E-state index is 0.0549. The van der Waals surface area contributed by atoms with Gasteiger partial charge in [0.15, 0.2) is 0 Å². The van der Waals surface area contributed by atoms with Crippen molar-refractivity contribution in [1.82, 2.24) is 10.4 Å². The Bertz CT molecular complexity index is 980. The fraction of sp³-hybridized carbons (Fsp3) is 0.423. The first-order valence-corrected chi connectivity index (χ1v) is 11.5. The van der Waals surface area contributed by atoms with E-state index < -0.39 is 5.91 Å². The molecule has 8 heteroatoms. The van der Waals surface area contributed by atoms with Gasteiger partial charge in [-0.1, -0.05) is 36.4 Å². The molecule has 2 aromatic carbocycles. The lowest BCUT2D eigenvalue weighted by Crippen LogP contribution is -2.44. The molecule has 1 atom stereocenters. The van der Waals surface area contributed by atoms with Gasteiger partial charge in [0.2, 0.25) is 17.7 Å². The van der Waals surface area contributed by atoms with Gasteiger partial charge in [0.05, 0.1) is 18.2 Å². The predicted molar refractivity (Wildman–Crippen MR) is 130 cm³/mol. The third kappa shape index (κ3) is 6.81. The summed E-state index contributed by atoms with van der Waals surface area (Å²) >= 11 is 0. The molecule has 3 amide bonds. The molecule has 1 unspecified atom stereocenters. The molecule has 0 aromatic heterocycles. The van der Waals surface area contributed by atoms with Gasteiger partial charge in [-0.25, -0.2) is 5.48 Å². The summed E-state index contributed by atoms with van der Waals surface area (Å²) in [7, 11) is 0. The van der Waals surface area contributed by atoms with Gasteiger partial charge in [-0.2, -0.15) is 0 Å². The minimum Gasteiger partial charge on any atom is -0.506 e. The summed E-state index contributed by atoms with van der Waals surface area (Å²) in [5.74, 6) is -1.34. The van der Waals surface area contributed by atoms with Gasteiger partial charge in [-0.15, -0.1) is 0 Å². The van der Waals surface area contributed by atoms with Crippen molar-refractivity contribution in [2.24, 2.45) is 0 Å². The average Bonchev–Trinajstić information content (AvgIpc) is 2.80. The van der Waals surface area contributed by atoms with Crippen molar-refractivity contribution in [2.75, 3.05) is 4.90 Å². The van der Waals surface area contributed by atoms with Crippen LogP contribution in [0.15, 0.2) is 48.5 Å². The van der Waals surface area contributed by atoms with Gasteiger partial charge in [0.25, 0.3) is 0 Å². The van der Waals surface area contributed by atoms with Crippen LogP contribution in [0.1, 0.15) is 64.5 Å². The van der Waals surface area contributed by atoms with Crippen molar-refractivity contribution in [3.8, 4) is 5.75 Å². The van der Waals surface area contributed by atoms with Crippen molar-refractivity contribution in [2.45, 2.75) is 72.0 Å². The van der Waals surface area contributed by atoms with Crippen LogP contribution in [0.25, 0.3) is 0 Å². The van der Waals surface area contributed by atoms with Gasteiger partial charge >= 0.3 is 0 Å². The fourth-order valence-electron chi connectivity index (χ4n) is 3.98. The maximum Gasteiger partial charge on any atom is 0.243 e. The van der Waals surface area contributed by atoms with Crippen molar-refractivity contribution in [3.05, 3.63) is 59.7 Å². The van der Waals surface area contributed by atoms with Crippen LogP contribution in [0, 0.1) is 0 Å². The number of anilines is 1. The van der Waals surface area contributed by atoms with Crippen LogP contribution >= 0.6 is 0 Å². The van der Waals surface area contributed by atoms with E-state index in [4.69, 9.17) is 5.21 Å². The number of nitrogens with one attached hydrogen (secondary N) is 1. The molecule has 0 saturated heterocycles. The Balaban J connectivity index is 2.24. The molecular formula is C26H35N3O5. The number of nitrogens with zero attached hydrogens (tertiary/aromatic N) is 2. The number of hydroxylamine groups is 1. The number of carbonyl (C=O) groups is 3. The quantitative estimate of drug-likeness (QED) is 0.360. The number of rotatable bonds is 10. The summed E-state index contributed by atoms with van der Waals surface area (Å²) in [5.41, 5.74) is 3.52. The van der Waals surface area contributed by atoms with E-state index in [2.05, 4.69) is 0 Å². The third-order valence-corrected chi connectivity index (χ3v) is 5.72. The highest BCUT2D eigenvalue weighted by Gasteiger charge is 2.26. The Morgan fingerprint density at radius 3 is 2.00 bits per heavy atom. The molecule has 34 heavy (non-hydrogen) atoms. The Morgan fingerprint density at radius 2 is 1.47 bits per heavy atom. The number of phenols is 1. The molecule has 0 aliphatic carbocycles. The number of benzene rings is 2. The number of hydrogen-bond donors (Lipinski definition) is 3. The van der Waals surface area contributed by atoms with Crippen LogP contribution in [0.4, 0.5) is 5.69 Å². The molecule has 0 spiro atoms. The second kappa shape index (κ2) is 12.2. The lowest BCUT2D eigenvalue weighted by atomic mass is 9.97. The molecule has 2 rings (SSSR count). The lowest BCUT2D eigenvalue weighted by Gasteiger charge is -2.33. The average molecular weight is 470 g/mol. The molecule has 0 bridgehead atoms. The molecular weight excluding hydrogens is 434 g/mol. The van der Waals surface area contributed by atoms with Gasteiger partial charge in [0, 0.05) is 24.9 Å². The number of phenolic OH excluding ortho intramolecular Hbond substituents is 1. The number of carbonyl (C=O) groups excluding carboxylic acids is 3. The predicted octanol–water partition coefficient (Wildman–Crippen LogP) is 3.96. The first kappa shape index (κ1) is 26.9. The number of hydrogen-bond acceptors (Lipinski definition) is 5. The van der Waals surface area contributed by atoms with E-state index in [1.165, 1.54) is 16.4 Å². The highest BCUT2D eigenvalue weighted by Crippen LogP contribution is 2.29. The highest BCUT2D eigenvalue weighted by molar-refractivity contribution is 5.96. The fourth-order valence-corrected chi connectivity index (χ4v) is 3.98. The van der Waals surface area contributed by atoms with Crippen LogP contribution in [-0.2, 0) is 20.9 Å². The monoisotopic (exact) mass is 469 g/mol. The van der Waals surface area contributed by atoms with Crippen molar-refractivity contribution in [3.63, 3.8) is 0 Å². The first-order chi connectivity index (χ1) is 16.1. The Kier molecular flexibility index (Phi) is 9.62. The molecule has 0 aliphatic rings. The maximum absolute atomic E-state index is 13.0. The standard InChI is InChI=1S/C26H35N3O5/c1-17(2)29(18(3)4)26(33)19(5)21-12-10-20(11-13-21)16-28(22-8-6-7-9-23(22)30)25(32)15-14-24(31)27-34/h6-13,17-19,30,34H,14-16H2,1-5H3,(H,27,31). The molecule has 2 aromatic rings. The van der Waals surface area contributed by atoms with E-state index in [1.807, 2.05) is 63.8 Å². The zero-order chi connectivity index (χ0) is 25.4. The third-order valence-electron chi connectivity index (χ3n) is 5.72. The van der Waals surface area contributed by atoms with Crippen LogP contribution in [0.2, 0.25) is 0 Å². The molecule has 0 fully saturated rings. The summed E-state index contributed by atoms with van der Waals surface area (Å²) in [6, 6.07) is 14.1. The van der Waals surface area contributed by atoms with E-state index in [1.54, 1.807) is 18.2 Å². The summed E-state index contributed by atoms with van der Waals surface area (Å²) < 4.78 is 0. The Hall–Kier alpha value is -3.39. The maximum atomic E-state index is 13.0. The van der Waals surface area contributed by atoms with Crippen LogP contribution in [0.3, 0.4) is 0 Å². The molecule has 184 valence electrons. The summed E-state index contributed by atoms with van der Waals surface area (Å²) in [5, 5.41) is 19.0. The second-order valence-corrected chi connectivity index (χ2v) is 8.90. The first-order valence-electron chi connectivity index (χ1n) is 11.5. The van der Waals surface area contributed by atoms with Gasteiger partial charge in [-0.05, 0) is 57.9 Å². The van der Waals surface area contributed by atoms with Crippen molar-refractivity contribution in [1.29, 1.82) is 0 Å². The number of amides is 3. The molecule has 0 heterocycles. The minimum atomic E-state index is -0.662. The number of para-hydroxylation sites is 2. The van der Waals surface area contributed by atoms with E-state index in [-0.39, 0.29) is 55.0 Å². The topological polar surface area (TPSA) is 110 Å². The zero-order valence-electron chi connectivity index (χ0n) is 20.5. The second-order valence-electron chi connectivity index (χ2n) is 8.90. The smallest absolute Gasteiger partial charge is 0.243 e. The molecule has 0 aliphatic heterocycles. The highest BCUT2D eigenvalue weighted by atomic mass is 16.5. The largest absolute Gasteiger partial charge is 0.506 e. The van der Waals surface area contributed by atoms with Gasteiger partial charge in [-0.3, -0.25) is 19.6 Å². The Labute approximate surface area is 201 Å². The molecule has 8 nitrogen and oxygen atoms in total. The molecule has 0 saturated carbocycles. The van der Waals surface area contributed by atoms with E-state index >= 15 is 0 Å².